The number of benzene rings is 1. The van der Waals surface area contributed by atoms with Crippen LogP contribution in [-0.2, 0) is 10.9 Å². The zero-order chi connectivity index (χ0) is 15.9. The van der Waals surface area contributed by atoms with Crippen molar-refractivity contribution >= 4 is 0 Å². The first kappa shape index (κ1) is 16.2. The van der Waals surface area contributed by atoms with Gasteiger partial charge in [0.05, 0.1) is 23.9 Å². The van der Waals surface area contributed by atoms with E-state index in [0.717, 1.165) is 12.1 Å². The highest BCUT2D eigenvalue weighted by molar-refractivity contribution is 5.28. The molecule has 1 aliphatic rings. The topological polar surface area (TPSA) is 29.5 Å². The van der Waals surface area contributed by atoms with E-state index in [1.165, 1.54) is 0 Å². The van der Waals surface area contributed by atoms with Crippen molar-refractivity contribution in [2.45, 2.75) is 45.3 Å². The molecule has 6 heteroatoms. The lowest BCUT2D eigenvalue weighted by molar-refractivity contribution is -0.140. The summed E-state index contributed by atoms with van der Waals surface area (Å²) >= 11 is 0. The molecule has 0 spiro atoms. The molecular formula is C15H18F4O2. The summed E-state index contributed by atoms with van der Waals surface area (Å²) in [6.07, 6.45) is -6.09. The summed E-state index contributed by atoms with van der Waals surface area (Å²) in [4.78, 5) is 0. The summed E-state index contributed by atoms with van der Waals surface area (Å²) in [6, 6.07) is 2.55. The monoisotopic (exact) mass is 306 g/mol. The molecule has 2 nitrogen and oxygen atoms in total. The average molecular weight is 306 g/mol. The van der Waals surface area contributed by atoms with Crippen LogP contribution >= 0.6 is 0 Å². The fourth-order valence-electron chi connectivity index (χ4n) is 3.01. The van der Waals surface area contributed by atoms with Crippen LogP contribution in [0.15, 0.2) is 18.2 Å². The third-order valence-corrected chi connectivity index (χ3v) is 4.32. The van der Waals surface area contributed by atoms with Crippen molar-refractivity contribution in [1.29, 1.82) is 0 Å². The number of ether oxygens (including phenoxy) is 1. The number of rotatable bonds is 2. The molecule has 0 aliphatic carbocycles. The van der Waals surface area contributed by atoms with E-state index >= 15 is 0 Å². The van der Waals surface area contributed by atoms with Gasteiger partial charge in [-0.15, -0.1) is 0 Å². The molecule has 0 aromatic heterocycles. The van der Waals surface area contributed by atoms with E-state index in [1.54, 1.807) is 6.92 Å². The minimum Gasteiger partial charge on any atom is -0.388 e. The van der Waals surface area contributed by atoms with Gasteiger partial charge in [0.1, 0.15) is 5.82 Å². The average Bonchev–Trinajstić information content (AvgIpc) is 2.61. The van der Waals surface area contributed by atoms with Crippen molar-refractivity contribution in [3.63, 3.8) is 0 Å². The van der Waals surface area contributed by atoms with Gasteiger partial charge in [-0.05, 0) is 37.5 Å². The van der Waals surface area contributed by atoms with Crippen molar-refractivity contribution in [3.05, 3.63) is 35.1 Å². The smallest absolute Gasteiger partial charge is 0.388 e. The minimum atomic E-state index is -4.74. The Morgan fingerprint density at radius 1 is 1.14 bits per heavy atom. The molecule has 1 fully saturated rings. The number of aliphatic hydroxyl groups is 1. The second-order valence-corrected chi connectivity index (χ2v) is 5.66. The van der Waals surface area contributed by atoms with Gasteiger partial charge in [0, 0.05) is 5.92 Å². The highest BCUT2D eigenvalue weighted by atomic mass is 19.4. The Kier molecular flexibility index (Phi) is 4.31. The number of aliphatic hydroxyl groups excluding tert-OH is 1. The predicted octanol–water partition coefficient (Wildman–Crippen LogP) is 3.94. The molecule has 1 N–H and O–H groups in total. The third kappa shape index (κ3) is 3.06. The van der Waals surface area contributed by atoms with Gasteiger partial charge in [-0.1, -0.05) is 13.0 Å². The first-order valence-corrected chi connectivity index (χ1v) is 6.83. The lowest BCUT2D eigenvalue weighted by Crippen LogP contribution is -2.25. The quantitative estimate of drug-likeness (QED) is 0.839. The number of hydrogen-bond acceptors (Lipinski definition) is 2. The summed E-state index contributed by atoms with van der Waals surface area (Å²) in [7, 11) is 0. The fourth-order valence-corrected chi connectivity index (χ4v) is 3.01. The first-order valence-electron chi connectivity index (χ1n) is 6.83. The van der Waals surface area contributed by atoms with Crippen LogP contribution in [-0.4, -0.2) is 17.3 Å². The van der Waals surface area contributed by atoms with Crippen molar-refractivity contribution in [2.75, 3.05) is 0 Å². The Morgan fingerprint density at radius 2 is 1.76 bits per heavy atom. The van der Waals surface area contributed by atoms with E-state index in [1.807, 2.05) is 13.8 Å². The van der Waals surface area contributed by atoms with Crippen LogP contribution in [0.3, 0.4) is 0 Å². The van der Waals surface area contributed by atoms with Crippen LogP contribution in [0, 0.1) is 17.7 Å². The Bertz CT molecular complexity index is 515. The summed E-state index contributed by atoms with van der Waals surface area (Å²) in [6.45, 7) is 5.58. The maximum atomic E-state index is 13.6. The summed E-state index contributed by atoms with van der Waals surface area (Å²) < 4.78 is 56.8. The van der Waals surface area contributed by atoms with Gasteiger partial charge in [-0.3, -0.25) is 0 Å². The van der Waals surface area contributed by atoms with Crippen LogP contribution in [0.5, 0.6) is 0 Å². The standard InChI is InChI=1S/C15H18F4O2/c1-7-8(2)21-9(3)13(7)14(20)10-4-5-11(12(16)6-10)15(17,18)19/h4-9,13-14,20H,1-3H3. The molecule has 0 radical (unpaired) electrons. The molecular weight excluding hydrogens is 288 g/mol. The minimum absolute atomic E-state index is 0.0281. The van der Waals surface area contributed by atoms with E-state index < -0.39 is 23.7 Å². The SMILES string of the molecule is CC1OC(C)C(C(O)c2ccc(C(F)(F)F)c(F)c2)C1C. The van der Waals surface area contributed by atoms with Gasteiger partial charge < -0.3 is 9.84 Å². The van der Waals surface area contributed by atoms with Crippen LogP contribution in [0.4, 0.5) is 17.6 Å². The lowest BCUT2D eigenvalue weighted by atomic mass is 9.82. The molecule has 0 amide bonds. The van der Waals surface area contributed by atoms with Crippen molar-refractivity contribution in [2.24, 2.45) is 11.8 Å². The van der Waals surface area contributed by atoms with E-state index in [2.05, 4.69) is 0 Å². The molecule has 2 rings (SSSR count). The zero-order valence-electron chi connectivity index (χ0n) is 12.0. The molecule has 0 bridgehead atoms. The Labute approximate surface area is 120 Å². The van der Waals surface area contributed by atoms with Crippen molar-refractivity contribution in [3.8, 4) is 0 Å². The third-order valence-electron chi connectivity index (χ3n) is 4.32. The van der Waals surface area contributed by atoms with Gasteiger partial charge in [-0.25, -0.2) is 4.39 Å². The first-order chi connectivity index (χ1) is 9.62. The highest BCUT2D eigenvalue weighted by Crippen LogP contribution is 2.41. The lowest BCUT2D eigenvalue weighted by Gasteiger charge is -2.25. The molecule has 1 aliphatic heterocycles. The highest BCUT2D eigenvalue weighted by Gasteiger charge is 2.42. The molecule has 1 aromatic carbocycles. The molecule has 1 aromatic rings. The van der Waals surface area contributed by atoms with Crippen molar-refractivity contribution in [1.82, 2.24) is 0 Å². The number of hydrogen-bond donors (Lipinski definition) is 1. The second-order valence-electron chi connectivity index (χ2n) is 5.66. The summed E-state index contributed by atoms with van der Waals surface area (Å²) in [5, 5.41) is 10.4. The molecule has 0 saturated carbocycles. The second kappa shape index (κ2) is 5.57. The molecule has 21 heavy (non-hydrogen) atoms. The van der Waals surface area contributed by atoms with Crippen LogP contribution in [0.1, 0.15) is 38.0 Å². The Hall–Kier alpha value is -1.14. The molecule has 118 valence electrons. The van der Waals surface area contributed by atoms with E-state index in [0.29, 0.717) is 6.07 Å². The van der Waals surface area contributed by atoms with Gasteiger partial charge in [0.25, 0.3) is 0 Å². The number of halogens is 4. The number of alkyl halides is 3. The molecule has 1 saturated heterocycles. The molecule has 1 heterocycles. The van der Waals surface area contributed by atoms with Crippen LogP contribution in [0.25, 0.3) is 0 Å². The molecule has 5 atom stereocenters. The van der Waals surface area contributed by atoms with Crippen LogP contribution in [0.2, 0.25) is 0 Å². The van der Waals surface area contributed by atoms with E-state index in [9.17, 15) is 22.7 Å². The van der Waals surface area contributed by atoms with Crippen LogP contribution < -0.4 is 0 Å². The maximum Gasteiger partial charge on any atom is 0.419 e. The van der Waals surface area contributed by atoms with E-state index in [4.69, 9.17) is 4.74 Å². The summed E-state index contributed by atoms with van der Waals surface area (Å²) in [5.74, 6) is -1.62. The van der Waals surface area contributed by atoms with Gasteiger partial charge in [-0.2, -0.15) is 13.2 Å². The van der Waals surface area contributed by atoms with Gasteiger partial charge in [0.2, 0.25) is 0 Å². The molecule has 5 unspecified atom stereocenters. The predicted molar refractivity (Wildman–Crippen MR) is 69.0 cm³/mol. The largest absolute Gasteiger partial charge is 0.419 e. The maximum absolute atomic E-state index is 13.6. The Balaban J connectivity index is 2.28. The normalized spacial score (nSPS) is 31.4. The summed E-state index contributed by atoms with van der Waals surface area (Å²) in [5.41, 5.74) is -1.18. The van der Waals surface area contributed by atoms with Gasteiger partial charge in [0.15, 0.2) is 0 Å². The van der Waals surface area contributed by atoms with E-state index in [-0.39, 0.29) is 29.6 Å². The van der Waals surface area contributed by atoms with Gasteiger partial charge >= 0.3 is 6.18 Å². The zero-order valence-corrected chi connectivity index (χ0v) is 12.0. The Morgan fingerprint density at radius 3 is 2.19 bits per heavy atom. The fraction of sp³-hybridized carbons (Fsp3) is 0.600. The van der Waals surface area contributed by atoms with Crippen molar-refractivity contribution < 1.29 is 27.4 Å².